The van der Waals surface area contributed by atoms with Crippen LogP contribution in [0.1, 0.15) is 30.5 Å². The first kappa shape index (κ1) is 26.8. The molecule has 0 bridgehead atoms. The van der Waals surface area contributed by atoms with E-state index in [2.05, 4.69) is 0 Å². The van der Waals surface area contributed by atoms with Gasteiger partial charge in [-0.1, -0.05) is 48.2 Å². The highest BCUT2D eigenvalue weighted by Crippen LogP contribution is 2.46. The molecule has 1 saturated heterocycles. The predicted octanol–water partition coefficient (Wildman–Crippen LogP) is 4.27. The van der Waals surface area contributed by atoms with E-state index in [0.717, 1.165) is 16.8 Å². The minimum absolute atomic E-state index is 0.0123. The van der Waals surface area contributed by atoms with Crippen LogP contribution in [0.15, 0.2) is 75.9 Å². The van der Waals surface area contributed by atoms with Crippen molar-refractivity contribution < 1.29 is 28.5 Å². The number of nitrogens with zero attached hydrogens (tertiary/aromatic N) is 3. The van der Waals surface area contributed by atoms with Gasteiger partial charge in [0.1, 0.15) is 6.61 Å². The van der Waals surface area contributed by atoms with E-state index in [0.29, 0.717) is 60.8 Å². The molecule has 1 amide bonds. The van der Waals surface area contributed by atoms with Crippen LogP contribution in [-0.4, -0.2) is 67.4 Å². The van der Waals surface area contributed by atoms with Crippen LogP contribution in [0.3, 0.4) is 0 Å². The van der Waals surface area contributed by atoms with E-state index in [9.17, 15) is 9.59 Å². The number of methoxy groups -OCH3 is 2. The number of thioether (sulfide) groups is 1. The maximum Gasteiger partial charge on any atom is 0.338 e. The number of aliphatic imine (C=N–C) groups is 1. The average molecular weight is 550 g/mol. The Morgan fingerprint density at radius 1 is 1.08 bits per heavy atom. The van der Waals surface area contributed by atoms with Gasteiger partial charge < -0.3 is 28.7 Å². The maximum absolute atomic E-state index is 13.2. The molecule has 0 radical (unpaired) electrons. The molecule has 0 aromatic heterocycles. The Labute approximate surface area is 232 Å². The molecule has 1 fully saturated rings. The van der Waals surface area contributed by atoms with E-state index in [-0.39, 0.29) is 12.3 Å². The van der Waals surface area contributed by atoms with Gasteiger partial charge in [-0.15, -0.1) is 0 Å². The van der Waals surface area contributed by atoms with Crippen molar-refractivity contribution in [3.63, 3.8) is 0 Å². The SMILES string of the molecule is COC(=O)C1=C(C)N=C2SC=C(CC(=O)N3CCOCC3)N2[C@@H]1c1ccc(OCc2ccccc2)c(OC)c1. The molecule has 9 nitrogen and oxygen atoms in total. The van der Waals surface area contributed by atoms with Crippen LogP contribution in [-0.2, 0) is 25.7 Å². The Balaban J connectivity index is 1.46. The third-order valence-electron chi connectivity index (χ3n) is 6.84. The largest absolute Gasteiger partial charge is 0.493 e. The summed E-state index contributed by atoms with van der Waals surface area (Å²) in [6.45, 7) is 4.39. The summed E-state index contributed by atoms with van der Waals surface area (Å²) in [5.41, 5.74) is 3.59. The van der Waals surface area contributed by atoms with Crippen molar-refractivity contribution in [2.75, 3.05) is 40.5 Å². The van der Waals surface area contributed by atoms with Crippen molar-refractivity contribution in [1.29, 1.82) is 0 Å². The van der Waals surface area contributed by atoms with Gasteiger partial charge in [0.2, 0.25) is 5.91 Å². The number of carbonyl (C=O) groups is 2. The van der Waals surface area contributed by atoms with Crippen LogP contribution in [0.5, 0.6) is 11.5 Å². The zero-order valence-electron chi connectivity index (χ0n) is 22.2. The van der Waals surface area contributed by atoms with Crippen LogP contribution in [0, 0.1) is 0 Å². The number of benzene rings is 2. The second-order valence-electron chi connectivity index (χ2n) is 9.24. The van der Waals surface area contributed by atoms with Crippen molar-refractivity contribution in [2.24, 2.45) is 4.99 Å². The number of allylic oxidation sites excluding steroid dienone is 1. The quantitative estimate of drug-likeness (QED) is 0.451. The Bertz CT molecular complexity index is 1330. The summed E-state index contributed by atoms with van der Waals surface area (Å²) in [4.78, 5) is 34.7. The van der Waals surface area contributed by atoms with Crippen molar-refractivity contribution in [3.05, 3.63) is 82.0 Å². The van der Waals surface area contributed by atoms with E-state index < -0.39 is 12.0 Å². The third kappa shape index (κ3) is 5.67. The molecule has 0 aliphatic carbocycles. The van der Waals surface area contributed by atoms with Gasteiger partial charge >= 0.3 is 5.97 Å². The van der Waals surface area contributed by atoms with Gasteiger partial charge in [0.15, 0.2) is 16.7 Å². The molecule has 5 rings (SSSR count). The molecule has 10 heteroatoms. The first-order valence-corrected chi connectivity index (χ1v) is 13.6. The Morgan fingerprint density at radius 3 is 2.56 bits per heavy atom. The smallest absolute Gasteiger partial charge is 0.338 e. The zero-order chi connectivity index (χ0) is 27.4. The highest BCUT2D eigenvalue weighted by molar-refractivity contribution is 8.16. The number of amides is 1. The topological polar surface area (TPSA) is 89.9 Å². The fourth-order valence-corrected chi connectivity index (χ4v) is 5.81. The number of ether oxygens (including phenoxy) is 4. The van der Waals surface area contributed by atoms with Crippen LogP contribution in [0.4, 0.5) is 0 Å². The number of morpholine rings is 1. The molecule has 0 spiro atoms. The number of carbonyl (C=O) groups excluding carboxylic acids is 2. The molecule has 0 unspecified atom stereocenters. The van der Waals surface area contributed by atoms with Gasteiger partial charge in [0.25, 0.3) is 0 Å². The Hall–Kier alpha value is -3.76. The molecule has 3 aliphatic heterocycles. The highest BCUT2D eigenvalue weighted by Gasteiger charge is 2.41. The lowest BCUT2D eigenvalue weighted by Crippen LogP contribution is -2.42. The molecular formula is C29H31N3O6S. The van der Waals surface area contributed by atoms with Crippen LogP contribution in [0.25, 0.3) is 0 Å². The molecular weight excluding hydrogens is 518 g/mol. The molecule has 39 heavy (non-hydrogen) atoms. The second-order valence-corrected chi connectivity index (χ2v) is 10.1. The number of hydrogen-bond donors (Lipinski definition) is 0. The van der Waals surface area contributed by atoms with Crippen LogP contribution < -0.4 is 9.47 Å². The summed E-state index contributed by atoms with van der Waals surface area (Å²) >= 11 is 1.44. The lowest BCUT2D eigenvalue weighted by Gasteiger charge is -2.37. The minimum Gasteiger partial charge on any atom is -0.493 e. The highest BCUT2D eigenvalue weighted by atomic mass is 32.2. The first-order chi connectivity index (χ1) is 19.0. The van der Waals surface area contributed by atoms with E-state index in [1.807, 2.05) is 63.7 Å². The van der Waals surface area contributed by atoms with Crippen molar-refractivity contribution in [1.82, 2.24) is 9.80 Å². The molecule has 2 aromatic rings. The van der Waals surface area contributed by atoms with Gasteiger partial charge in [-0.2, -0.15) is 0 Å². The summed E-state index contributed by atoms with van der Waals surface area (Å²) in [7, 11) is 2.94. The summed E-state index contributed by atoms with van der Waals surface area (Å²) in [5, 5.41) is 2.64. The van der Waals surface area contributed by atoms with E-state index in [4.69, 9.17) is 23.9 Å². The molecule has 2 aromatic carbocycles. The van der Waals surface area contributed by atoms with E-state index in [1.165, 1.54) is 18.9 Å². The fourth-order valence-electron chi connectivity index (χ4n) is 4.84. The summed E-state index contributed by atoms with van der Waals surface area (Å²) in [6, 6.07) is 15.0. The molecule has 3 aliphatic rings. The fraction of sp³-hybridized carbons (Fsp3) is 0.345. The van der Waals surface area contributed by atoms with Crippen molar-refractivity contribution in [3.8, 4) is 11.5 Å². The van der Waals surface area contributed by atoms with Gasteiger partial charge in [-0.25, -0.2) is 9.79 Å². The summed E-state index contributed by atoms with van der Waals surface area (Å²) in [6.07, 6.45) is 0.186. The maximum atomic E-state index is 13.2. The van der Waals surface area contributed by atoms with Crippen LogP contribution >= 0.6 is 11.8 Å². The molecule has 3 heterocycles. The molecule has 204 valence electrons. The molecule has 0 saturated carbocycles. The monoisotopic (exact) mass is 549 g/mol. The van der Waals surface area contributed by atoms with Gasteiger partial charge in [-0.3, -0.25) is 4.79 Å². The van der Waals surface area contributed by atoms with Crippen molar-refractivity contribution >= 4 is 28.8 Å². The number of rotatable bonds is 8. The standard InChI is InChI=1S/C29H31N3O6S/c1-19-26(28(34)36-3)27(21-9-10-23(24(15-21)35-2)38-17-20-7-5-4-6-8-20)32-22(18-39-29(32)30-19)16-25(33)31-11-13-37-14-12-31/h4-10,15,18,27H,11-14,16-17H2,1-3H3/t27-/m1/s1. The second kappa shape index (κ2) is 12.0. The Morgan fingerprint density at radius 2 is 1.85 bits per heavy atom. The normalized spacial score (nSPS) is 18.8. The van der Waals surface area contributed by atoms with E-state index in [1.54, 1.807) is 14.0 Å². The lowest BCUT2D eigenvalue weighted by atomic mass is 9.93. The van der Waals surface area contributed by atoms with Gasteiger partial charge in [-0.05, 0) is 35.6 Å². The average Bonchev–Trinajstić information content (AvgIpc) is 3.37. The number of amidine groups is 1. The number of esters is 1. The van der Waals surface area contributed by atoms with Crippen LogP contribution in [0.2, 0.25) is 0 Å². The van der Waals surface area contributed by atoms with Gasteiger partial charge in [0.05, 0.1) is 51.2 Å². The van der Waals surface area contributed by atoms with Gasteiger partial charge in [0, 0.05) is 18.8 Å². The lowest BCUT2D eigenvalue weighted by molar-refractivity contribution is -0.136. The predicted molar refractivity (Wildman–Crippen MR) is 148 cm³/mol. The number of hydrogen-bond acceptors (Lipinski definition) is 9. The Kier molecular flexibility index (Phi) is 8.23. The molecule has 1 atom stereocenters. The summed E-state index contributed by atoms with van der Waals surface area (Å²) < 4.78 is 22.3. The third-order valence-corrected chi connectivity index (χ3v) is 7.73. The molecule has 0 N–H and O–H groups in total. The summed E-state index contributed by atoms with van der Waals surface area (Å²) in [5.74, 6) is 0.665. The number of fused-ring (bicyclic) bond motifs is 1. The minimum atomic E-state index is -0.555. The first-order valence-electron chi connectivity index (χ1n) is 12.7. The van der Waals surface area contributed by atoms with E-state index >= 15 is 0 Å². The zero-order valence-corrected chi connectivity index (χ0v) is 23.0. The van der Waals surface area contributed by atoms with Crippen molar-refractivity contribution in [2.45, 2.75) is 26.0 Å².